The zero-order valence-electron chi connectivity index (χ0n) is 15.3. The molecule has 0 bridgehead atoms. The van der Waals surface area contributed by atoms with E-state index in [2.05, 4.69) is 10.1 Å². The standard InChI is InChI=1S/C20H20F3NO5/c21-20(22,23)29-17-9-5-4-8-15(17)10-11-18(26)24-12-16(25)19(27)28-13-14-6-2-1-3-7-14/h1-9,16,25H,10-13H2,(H,24,26). The van der Waals surface area contributed by atoms with E-state index < -0.39 is 24.3 Å². The Kier molecular flexibility index (Phi) is 8.02. The van der Waals surface area contributed by atoms with Gasteiger partial charge >= 0.3 is 12.3 Å². The molecule has 2 N–H and O–H groups in total. The Morgan fingerprint density at radius 2 is 1.69 bits per heavy atom. The van der Waals surface area contributed by atoms with Crippen molar-refractivity contribution in [2.24, 2.45) is 0 Å². The summed E-state index contributed by atoms with van der Waals surface area (Å²) in [7, 11) is 0. The lowest BCUT2D eigenvalue weighted by molar-refractivity contribution is -0.274. The number of esters is 1. The summed E-state index contributed by atoms with van der Waals surface area (Å²) in [4.78, 5) is 23.6. The van der Waals surface area contributed by atoms with Crippen molar-refractivity contribution in [1.29, 1.82) is 0 Å². The summed E-state index contributed by atoms with van der Waals surface area (Å²) in [6.07, 6.45) is -6.54. The third-order valence-electron chi connectivity index (χ3n) is 3.81. The molecule has 0 saturated heterocycles. The lowest BCUT2D eigenvalue weighted by Gasteiger charge is -2.14. The highest BCUT2D eigenvalue weighted by Gasteiger charge is 2.32. The fourth-order valence-corrected chi connectivity index (χ4v) is 2.39. The Balaban J connectivity index is 1.75. The zero-order valence-corrected chi connectivity index (χ0v) is 15.3. The summed E-state index contributed by atoms with van der Waals surface area (Å²) in [6, 6.07) is 14.4. The summed E-state index contributed by atoms with van der Waals surface area (Å²) < 4.78 is 46.1. The van der Waals surface area contributed by atoms with Crippen LogP contribution >= 0.6 is 0 Å². The number of para-hydroxylation sites is 1. The summed E-state index contributed by atoms with van der Waals surface area (Å²) in [6.45, 7) is -0.381. The number of aliphatic hydroxyl groups excluding tert-OH is 1. The van der Waals surface area contributed by atoms with Crippen LogP contribution in [-0.4, -0.2) is 36.0 Å². The number of benzene rings is 2. The van der Waals surface area contributed by atoms with Gasteiger partial charge in [0.25, 0.3) is 0 Å². The van der Waals surface area contributed by atoms with Crippen molar-refractivity contribution < 1.29 is 37.3 Å². The highest BCUT2D eigenvalue weighted by atomic mass is 19.4. The molecule has 0 heterocycles. The van der Waals surface area contributed by atoms with Gasteiger partial charge in [0.05, 0.1) is 6.54 Å². The number of amides is 1. The van der Waals surface area contributed by atoms with Gasteiger partial charge in [0.1, 0.15) is 12.4 Å². The normalized spacial score (nSPS) is 12.1. The van der Waals surface area contributed by atoms with Crippen LogP contribution in [0.1, 0.15) is 17.5 Å². The molecule has 2 aromatic carbocycles. The van der Waals surface area contributed by atoms with Crippen molar-refractivity contribution in [3.63, 3.8) is 0 Å². The molecular weight excluding hydrogens is 391 g/mol. The van der Waals surface area contributed by atoms with Crippen LogP contribution in [0.4, 0.5) is 13.2 Å². The number of aliphatic hydroxyl groups is 1. The molecule has 1 unspecified atom stereocenters. The molecule has 0 aliphatic heterocycles. The second-order valence-electron chi connectivity index (χ2n) is 6.07. The molecule has 6 nitrogen and oxygen atoms in total. The number of nitrogens with one attached hydrogen (secondary N) is 1. The molecule has 0 aliphatic carbocycles. The number of alkyl halides is 3. The number of hydrogen-bond donors (Lipinski definition) is 2. The number of ether oxygens (including phenoxy) is 2. The van der Waals surface area contributed by atoms with E-state index in [4.69, 9.17) is 4.74 Å². The van der Waals surface area contributed by atoms with Crippen LogP contribution in [0, 0.1) is 0 Å². The summed E-state index contributed by atoms with van der Waals surface area (Å²) in [5, 5.41) is 12.1. The first kappa shape index (κ1) is 22.2. The molecule has 1 amide bonds. The number of aryl methyl sites for hydroxylation is 1. The Morgan fingerprint density at radius 3 is 2.38 bits per heavy atom. The molecule has 0 radical (unpaired) electrons. The second kappa shape index (κ2) is 10.5. The molecule has 0 aromatic heterocycles. The Bertz CT molecular complexity index is 811. The Hall–Kier alpha value is -3.07. The van der Waals surface area contributed by atoms with Gasteiger partial charge < -0.3 is 19.9 Å². The minimum atomic E-state index is -4.83. The first-order chi connectivity index (χ1) is 13.7. The van der Waals surface area contributed by atoms with Gasteiger partial charge in [-0.05, 0) is 23.6 Å². The van der Waals surface area contributed by atoms with Gasteiger partial charge in [-0.2, -0.15) is 0 Å². The van der Waals surface area contributed by atoms with Crippen molar-refractivity contribution in [2.75, 3.05) is 6.54 Å². The highest BCUT2D eigenvalue weighted by Crippen LogP contribution is 2.26. The van der Waals surface area contributed by atoms with Crippen LogP contribution in [0.3, 0.4) is 0 Å². The third kappa shape index (κ3) is 8.22. The van der Waals surface area contributed by atoms with Gasteiger partial charge in [0.2, 0.25) is 5.91 Å². The molecule has 2 rings (SSSR count). The molecule has 0 aliphatic rings. The SMILES string of the molecule is O=C(CCc1ccccc1OC(F)(F)F)NCC(O)C(=O)OCc1ccccc1. The number of carbonyl (C=O) groups is 2. The minimum Gasteiger partial charge on any atom is -0.459 e. The molecule has 156 valence electrons. The number of rotatable bonds is 9. The largest absolute Gasteiger partial charge is 0.573 e. The maximum atomic E-state index is 12.4. The van der Waals surface area contributed by atoms with Crippen molar-refractivity contribution in [3.8, 4) is 5.75 Å². The van der Waals surface area contributed by atoms with Gasteiger partial charge in [0, 0.05) is 6.42 Å². The Morgan fingerprint density at radius 1 is 1.03 bits per heavy atom. The molecule has 0 spiro atoms. The Labute approximate surface area is 165 Å². The lowest BCUT2D eigenvalue weighted by atomic mass is 10.1. The first-order valence-electron chi connectivity index (χ1n) is 8.73. The predicted octanol–water partition coefficient (Wildman–Crippen LogP) is 2.74. The average Bonchev–Trinajstić information content (AvgIpc) is 2.69. The van der Waals surface area contributed by atoms with Crippen molar-refractivity contribution in [1.82, 2.24) is 5.32 Å². The van der Waals surface area contributed by atoms with Crippen LogP contribution < -0.4 is 10.1 Å². The van der Waals surface area contributed by atoms with E-state index in [9.17, 15) is 27.9 Å². The van der Waals surface area contributed by atoms with Gasteiger partial charge in [-0.15, -0.1) is 13.2 Å². The van der Waals surface area contributed by atoms with E-state index in [0.29, 0.717) is 0 Å². The topological polar surface area (TPSA) is 84.9 Å². The summed E-state index contributed by atoms with van der Waals surface area (Å²) >= 11 is 0. The number of halogens is 3. The van der Waals surface area contributed by atoms with Crippen molar-refractivity contribution in [3.05, 3.63) is 65.7 Å². The third-order valence-corrected chi connectivity index (χ3v) is 3.81. The maximum absolute atomic E-state index is 12.4. The second-order valence-corrected chi connectivity index (χ2v) is 6.07. The van der Waals surface area contributed by atoms with Crippen molar-refractivity contribution in [2.45, 2.75) is 31.9 Å². The van der Waals surface area contributed by atoms with Crippen LogP contribution in [0.2, 0.25) is 0 Å². The maximum Gasteiger partial charge on any atom is 0.573 e. The smallest absolute Gasteiger partial charge is 0.459 e. The van der Waals surface area contributed by atoms with Gasteiger partial charge in [-0.3, -0.25) is 4.79 Å². The predicted molar refractivity (Wildman–Crippen MR) is 96.7 cm³/mol. The van der Waals surface area contributed by atoms with E-state index in [1.807, 2.05) is 6.07 Å². The average molecular weight is 411 g/mol. The number of hydrogen-bond acceptors (Lipinski definition) is 5. The van der Waals surface area contributed by atoms with Gasteiger partial charge in [-0.25, -0.2) is 4.79 Å². The molecule has 0 fully saturated rings. The number of carbonyl (C=O) groups excluding carboxylic acids is 2. The van der Waals surface area contributed by atoms with E-state index in [1.165, 1.54) is 18.2 Å². The lowest BCUT2D eigenvalue weighted by Crippen LogP contribution is -2.37. The molecule has 0 saturated carbocycles. The fourth-order valence-electron chi connectivity index (χ4n) is 2.39. The van der Waals surface area contributed by atoms with E-state index in [1.54, 1.807) is 24.3 Å². The first-order valence-corrected chi connectivity index (χ1v) is 8.73. The van der Waals surface area contributed by atoms with Gasteiger partial charge in [-0.1, -0.05) is 48.5 Å². The zero-order chi connectivity index (χ0) is 21.3. The molecule has 29 heavy (non-hydrogen) atoms. The minimum absolute atomic E-state index is 0.00731. The molecule has 9 heteroatoms. The summed E-state index contributed by atoms with van der Waals surface area (Å²) in [5.74, 6) is -1.81. The fraction of sp³-hybridized carbons (Fsp3) is 0.300. The molecule has 1 atom stereocenters. The van der Waals surface area contributed by atoms with Crippen molar-refractivity contribution >= 4 is 11.9 Å². The van der Waals surface area contributed by atoms with E-state index in [-0.39, 0.29) is 37.3 Å². The molecular formula is C20H20F3NO5. The van der Waals surface area contributed by atoms with Crippen LogP contribution in [-0.2, 0) is 27.4 Å². The van der Waals surface area contributed by atoms with E-state index in [0.717, 1.165) is 11.6 Å². The summed E-state index contributed by atoms with van der Waals surface area (Å²) in [5.41, 5.74) is 0.958. The monoisotopic (exact) mass is 411 g/mol. The van der Waals surface area contributed by atoms with Gasteiger partial charge in [0.15, 0.2) is 6.10 Å². The van der Waals surface area contributed by atoms with Crippen LogP contribution in [0.25, 0.3) is 0 Å². The van der Waals surface area contributed by atoms with Crippen LogP contribution in [0.5, 0.6) is 5.75 Å². The van der Waals surface area contributed by atoms with Crippen LogP contribution in [0.15, 0.2) is 54.6 Å². The quantitative estimate of drug-likeness (QED) is 0.620. The van der Waals surface area contributed by atoms with E-state index >= 15 is 0 Å². The highest BCUT2D eigenvalue weighted by molar-refractivity contribution is 5.79. The molecule has 2 aromatic rings.